The van der Waals surface area contributed by atoms with Crippen molar-refractivity contribution < 1.29 is 22.7 Å². The van der Waals surface area contributed by atoms with Crippen LogP contribution in [0.25, 0.3) is 0 Å². The van der Waals surface area contributed by atoms with Gasteiger partial charge in [-0.05, 0) is 37.6 Å². The van der Waals surface area contributed by atoms with Crippen LogP contribution in [0.5, 0.6) is 5.75 Å². The zero-order valence-corrected chi connectivity index (χ0v) is 14.4. The molecule has 1 saturated heterocycles. The first-order valence-electron chi connectivity index (χ1n) is 7.84. The van der Waals surface area contributed by atoms with E-state index >= 15 is 0 Å². The molecule has 1 unspecified atom stereocenters. The predicted octanol–water partition coefficient (Wildman–Crippen LogP) is 3.22. The number of nitrogens with zero attached hydrogens (tertiary/aromatic N) is 2. The molecule has 2 N–H and O–H groups in total. The minimum Gasteiger partial charge on any atom is -0.432 e. The van der Waals surface area contributed by atoms with Crippen molar-refractivity contribution in [2.45, 2.75) is 25.5 Å². The first-order chi connectivity index (χ1) is 12.0. The largest absolute Gasteiger partial charge is 0.432 e. The number of amides is 1. The molecule has 1 amide bonds. The maximum absolute atomic E-state index is 13.7. The lowest BCUT2D eigenvalue weighted by Gasteiger charge is -2.22. The van der Waals surface area contributed by atoms with Crippen molar-refractivity contribution in [1.82, 2.24) is 15.1 Å². The van der Waals surface area contributed by atoms with E-state index in [0.717, 1.165) is 38.1 Å². The van der Waals surface area contributed by atoms with Crippen molar-refractivity contribution in [3.05, 3.63) is 42.0 Å². The highest BCUT2D eigenvalue weighted by atomic mass is 35.5. The fraction of sp³-hybridized carbons (Fsp3) is 0.375. The second kappa shape index (κ2) is 8.91. The maximum Gasteiger partial charge on any atom is 0.387 e. The van der Waals surface area contributed by atoms with E-state index in [9.17, 15) is 18.0 Å². The molecule has 1 fully saturated rings. The number of hydrogen-bond donors (Lipinski definition) is 2. The van der Waals surface area contributed by atoms with Gasteiger partial charge < -0.3 is 15.4 Å². The Hall–Kier alpha value is -2.26. The van der Waals surface area contributed by atoms with Gasteiger partial charge in [0.05, 0.1) is 6.04 Å². The zero-order chi connectivity index (χ0) is 17.8. The monoisotopic (exact) mass is 390 g/mol. The second-order valence-corrected chi connectivity index (χ2v) is 5.66. The summed E-state index contributed by atoms with van der Waals surface area (Å²) in [5.74, 6) is -2.08. The number of carbonyl (C=O) groups is 1. The van der Waals surface area contributed by atoms with E-state index in [1.807, 2.05) is 0 Å². The van der Waals surface area contributed by atoms with Crippen LogP contribution in [0.2, 0.25) is 0 Å². The number of ether oxygens (including phenoxy) is 1. The summed E-state index contributed by atoms with van der Waals surface area (Å²) in [6.07, 6.45) is 3.75. The fourth-order valence-electron chi connectivity index (χ4n) is 2.69. The molecule has 0 saturated carbocycles. The molecule has 26 heavy (non-hydrogen) atoms. The van der Waals surface area contributed by atoms with Crippen molar-refractivity contribution in [3.63, 3.8) is 0 Å². The number of carbonyl (C=O) groups excluding carboxylic acids is 1. The molecule has 0 bridgehead atoms. The van der Waals surface area contributed by atoms with Gasteiger partial charge in [-0.25, -0.2) is 4.39 Å². The third kappa shape index (κ3) is 4.89. The van der Waals surface area contributed by atoms with E-state index in [2.05, 4.69) is 20.5 Å². The Morgan fingerprint density at radius 1 is 1.38 bits per heavy atom. The third-order valence-corrected chi connectivity index (χ3v) is 3.89. The number of hydrogen-bond acceptors (Lipinski definition) is 4. The Labute approximate surface area is 154 Å². The average molecular weight is 391 g/mol. The van der Waals surface area contributed by atoms with E-state index in [0.29, 0.717) is 0 Å². The Balaban J connectivity index is 0.00000243. The molecule has 6 nitrogen and oxygen atoms in total. The van der Waals surface area contributed by atoms with Crippen LogP contribution in [0.15, 0.2) is 30.5 Å². The number of anilines is 1. The van der Waals surface area contributed by atoms with Gasteiger partial charge in [0, 0.05) is 24.5 Å². The summed E-state index contributed by atoms with van der Waals surface area (Å²) in [7, 11) is 0. The van der Waals surface area contributed by atoms with E-state index in [1.165, 1.54) is 6.07 Å². The topological polar surface area (TPSA) is 68.2 Å². The minimum atomic E-state index is -3.12. The van der Waals surface area contributed by atoms with Gasteiger partial charge in [-0.3, -0.25) is 9.48 Å². The molecular weight excluding hydrogens is 373 g/mol. The summed E-state index contributed by atoms with van der Waals surface area (Å²) < 4.78 is 43.7. The number of alkyl halides is 2. The molecule has 3 rings (SSSR count). The molecule has 0 aliphatic carbocycles. The molecule has 1 aromatic heterocycles. The predicted molar refractivity (Wildman–Crippen MR) is 91.6 cm³/mol. The summed E-state index contributed by atoms with van der Waals surface area (Å²) in [4.78, 5) is 12.2. The average Bonchev–Trinajstić information content (AvgIpc) is 3.08. The molecule has 2 aromatic rings. The van der Waals surface area contributed by atoms with Crippen LogP contribution in [0.4, 0.5) is 18.9 Å². The molecule has 1 aromatic carbocycles. The summed E-state index contributed by atoms with van der Waals surface area (Å²) in [5, 5.41) is 10.0. The second-order valence-electron chi connectivity index (χ2n) is 5.66. The van der Waals surface area contributed by atoms with E-state index in [1.54, 1.807) is 16.9 Å². The van der Waals surface area contributed by atoms with Crippen molar-refractivity contribution in [3.8, 4) is 5.75 Å². The van der Waals surface area contributed by atoms with Crippen molar-refractivity contribution in [1.29, 1.82) is 0 Å². The SMILES string of the molecule is Cl.O=C(Nc1ccc(OC(F)F)c(F)c1)c1ccn(C2CCCNC2)n1. The number of halogens is 4. The van der Waals surface area contributed by atoms with Crippen LogP contribution < -0.4 is 15.4 Å². The Bertz CT molecular complexity index is 751. The molecule has 0 spiro atoms. The van der Waals surface area contributed by atoms with Gasteiger partial charge in [0.1, 0.15) is 0 Å². The van der Waals surface area contributed by atoms with Crippen molar-refractivity contribution in [2.75, 3.05) is 18.4 Å². The van der Waals surface area contributed by atoms with Gasteiger partial charge >= 0.3 is 6.61 Å². The third-order valence-electron chi connectivity index (χ3n) is 3.89. The van der Waals surface area contributed by atoms with Crippen LogP contribution in [0.3, 0.4) is 0 Å². The normalized spacial score (nSPS) is 16.8. The molecule has 2 heterocycles. The smallest absolute Gasteiger partial charge is 0.387 e. The molecule has 0 radical (unpaired) electrons. The van der Waals surface area contributed by atoms with Gasteiger partial charge in [0.2, 0.25) is 0 Å². The highest BCUT2D eigenvalue weighted by molar-refractivity contribution is 6.02. The van der Waals surface area contributed by atoms with Gasteiger partial charge in [0.15, 0.2) is 17.3 Å². The molecule has 10 heteroatoms. The molecule has 1 atom stereocenters. The van der Waals surface area contributed by atoms with E-state index in [-0.39, 0.29) is 29.8 Å². The van der Waals surface area contributed by atoms with Crippen LogP contribution in [0.1, 0.15) is 29.4 Å². The highest BCUT2D eigenvalue weighted by Crippen LogP contribution is 2.23. The zero-order valence-electron chi connectivity index (χ0n) is 13.6. The van der Waals surface area contributed by atoms with Crippen molar-refractivity contribution in [2.24, 2.45) is 0 Å². The lowest BCUT2D eigenvalue weighted by atomic mass is 10.1. The lowest BCUT2D eigenvalue weighted by Crippen LogP contribution is -2.32. The number of piperidine rings is 1. The number of benzene rings is 1. The van der Waals surface area contributed by atoms with E-state index in [4.69, 9.17) is 0 Å². The Kier molecular flexibility index (Phi) is 6.87. The summed E-state index contributed by atoms with van der Waals surface area (Å²) >= 11 is 0. The Morgan fingerprint density at radius 3 is 2.85 bits per heavy atom. The standard InChI is InChI=1S/C16H17F3N4O2.ClH/c17-12-8-10(3-4-14(12)25-16(18)19)21-15(24)13-5-7-23(22-13)11-2-1-6-20-9-11;/h3-5,7-8,11,16,20H,1-2,6,9H2,(H,21,24);1H. The van der Waals surface area contributed by atoms with Crippen LogP contribution in [-0.2, 0) is 0 Å². The molecule has 1 aliphatic rings. The van der Waals surface area contributed by atoms with Crippen molar-refractivity contribution >= 4 is 24.0 Å². The highest BCUT2D eigenvalue weighted by Gasteiger charge is 2.18. The van der Waals surface area contributed by atoms with Gasteiger partial charge in [-0.2, -0.15) is 13.9 Å². The fourth-order valence-corrected chi connectivity index (χ4v) is 2.69. The summed E-state index contributed by atoms with van der Waals surface area (Å²) in [5.41, 5.74) is 0.317. The Morgan fingerprint density at radius 2 is 2.19 bits per heavy atom. The molecule has 142 valence electrons. The van der Waals surface area contributed by atoms with Gasteiger partial charge in [-0.1, -0.05) is 0 Å². The quantitative estimate of drug-likeness (QED) is 0.822. The summed E-state index contributed by atoms with van der Waals surface area (Å²) in [6, 6.07) is 5.00. The minimum absolute atomic E-state index is 0. The number of nitrogens with one attached hydrogen (secondary N) is 2. The van der Waals surface area contributed by atoms with E-state index < -0.39 is 24.1 Å². The van der Waals surface area contributed by atoms with Crippen LogP contribution >= 0.6 is 12.4 Å². The van der Waals surface area contributed by atoms with Gasteiger partial charge in [-0.15, -0.1) is 12.4 Å². The number of rotatable bonds is 5. The molecule has 1 aliphatic heterocycles. The van der Waals surface area contributed by atoms with Crippen LogP contribution in [-0.4, -0.2) is 35.4 Å². The lowest BCUT2D eigenvalue weighted by molar-refractivity contribution is -0.0521. The van der Waals surface area contributed by atoms with Gasteiger partial charge in [0.25, 0.3) is 5.91 Å². The van der Waals surface area contributed by atoms with Crippen LogP contribution in [0, 0.1) is 5.82 Å². The first kappa shape index (κ1) is 20.1. The number of aromatic nitrogens is 2. The first-order valence-corrected chi connectivity index (χ1v) is 7.84. The summed E-state index contributed by atoms with van der Waals surface area (Å²) in [6.45, 7) is -1.35. The maximum atomic E-state index is 13.7. The molecular formula is C16H18ClF3N4O2.